The summed E-state index contributed by atoms with van der Waals surface area (Å²) >= 11 is 0. The highest BCUT2D eigenvalue weighted by atomic mass is 16.5. The van der Waals surface area contributed by atoms with Gasteiger partial charge in [0.2, 0.25) is 0 Å². The van der Waals surface area contributed by atoms with Crippen LogP contribution in [-0.4, -0.2) is 44.4 Å². The Morgan fingerprint density at radius 2 is 1.69 bits per heavy atom. The van der Waals surface area contributed by atoms with Crippen molar-refractivity contribution in [3.05, 3.63) is 65.7 Å². The van der Waals surface area contributed by atoms with Crippen LogP contribution in [0.5, 0.6) is 11.5 Å². The van der Waals surface area contributed by atoms with Gasteiger partial charge >= 0.3 is 0 Å². The molecule has 0 N–H and O–H groups in total. The Hall–Kier alpha value is -2.30. The van der Waals surface area contributed by atoms with Crippen LogP contribution in [0.4, 0.5) is 0 Å². The van der Waals surface area contributed by atoms with Crippen LogP contribution < -0.4 is 9.47 Å². The molecular weight excluding hydrogens is 434 g/mol. The summed E-state index contributed by atoms with van der Waals surface area (Å²) in [5.41, 5.74) is 2.46. The molecule has 5 atom stereocenters. The Morgan fingerprint density at radius 3 is 2.46 bits per heavy atom. The van der Waals surface area contributed by atoms with Crippen molar-refractivity contribution in [3.8, 4) is 11.5 Å². The molecule has 2 aliphatic carbocycles. The van der Waals surface area contributed by atoms with Crippen LogP contribution in [0.15, 0.2) is 54.6 Å². The van der Waals surface area contributed by atoms with Gasteiger partial charge in [0.25, 0.3) is 0 Å². The number of methoxy groups -OCH3 is 2. The summed E-state index contributed by atoms with van der Waals surface area (Å²) in [7, 11) is 3.39. The zero-order valence-corrected chi connectivity index (χ0v) is 21.4. The van der Waals surface area contributed by atoms with Crippen molar-refractivity contribution in [3.63, 3.8) is 0 Å². The van der Waals surface area contributed by atoms with E-state index in [4.69, 9.17) is 14.2 Å². The maximum Gasteiger partial charge on any atom is 0.161 e. The Kier molecular flexibility index (Phi) is 8.10. The summed E-state index contributed by atoms with van der Waals surface area (Å²) in [4.78, 5) is 2.78. The van der Waals surface area contributed by atoms with Gasteiger partial charge in [-0.1, -0.05) is 61.4 Å². The number of nitrogens with zero attached hydrogens (tertiary/aromatic N) is 1. The van der Waals surface area contributed by atoms with Gasteiger partial charge in [0.1, 0.15) is 0 Å². The van der Waals surface area contributed by atoms with Crippen molar-refractivity contribution < 1.29 is 14.2 Å². The number of rotatable bonds is 9. The van der Waals surface area contributed by atoms with Crippen LogP contribution in [-0.2, 0) is 11.3 Å². The van der Waals surface area contributed by atoms with Gasteiger partial charge in [-0.2, -0.15) is 0 Å². The number of likely N-dealkylation sites (tertiary alicyclic amines) is 1. The van der Waals surface area contributed by atoms with E-state index in [1.54, 1.807) is 14.2 Å². The summed E-state index contributed by atoms with van der Waals surface area (Å²) in [6.45, 7) is 3.03. The number of hydrogen-bond acceptors (Lipinski definition) is 4. The first-order valence-corrected chi connectivity index (χ1v) is 13.5. The summed E-state index contributed by atoms with van der Waals surface area (Å²) in [6.07, 6.45) is 14.5. The molecule has 4 heteroatoms. The van der Waals surface area contributed by atoms with E-state index in [1.165, 1.54) is 62.6 Å². The van der Waals surface area contributed by atoms with Gasteiger partial charge in [-0.05, 0) is 73.1 Å². The summed E-state index contributed by atoms with van der Waals surface area (Å²) in [6, 6.07) is 17.5. The molecule has 2 aromatic rings. The first kappa shape index (κ1) is 24.4. The predicted octanol–water partition coefficient (Wildman–Crippen LogP) is 6.59. The van der Waals surface area contributed by atoms with Gasteiger partial charge in [0, 0.05) is 19.1 Å². The second-order valence-electron chi connectivity index (χ2n) is 10.6. The van der Waals surface area contributed by atoms with E-state index in [2.05, 4.69) is 59.5 Å². The standard InChI is InChI=1S/C31H41NO3/c1-33-30-17-13-23(20-31(30)34-2)12-14-25-15-16-27(25)28-10-6-7-11-29(28)32-19-18-26(21-32)35-22-24-8-4-3-5-9-24/h3-5,8-9,12-14,17,20,25-29H,6-7,10-11,15-16,18-19,21-22H2,1-2H3/b14-12+/t25?,26-,27?,28+,29-/m0/s1. The Balaban J connectivity index is 1.18. The van der Waals surface area contributed by atoms with Gasteiger partial charge in [0.05, 0.1) is 26.9 Å². The van der Waals surface area contributed by atoms with Crippen LogP contribution in [0.1, 0.15) is 56.1 Å². The monoisotopic (exact) mass is 475 g/mol. The molecule has 0 amide bonds. The van der Waals surface area contributed by atoms with Crippen LogP contribution >= 0.6 is 0 Å². The average Bonchev–Trinajstić information content (AvgIpc) is 3.36. The molecule has 4 nitrogen and oxygen atoms in total. The summed E-state index contributed by atoms with van der Waals surface area (Å²) in [5, 5.41) is 0. The minimum absolute atomic E-state index is 0.375. The molecule has 0 bridgehead atoms. The highest BCUT2D eigenvalue weighted by Gasteiger charge is 2.43. The second-order valence-corrected chi connectivity index (χ2v) is 10.6. The van der Waals surface area contributed by atoms with E-state index in [9.17, 15) is 0 Å². The molecule has 0 spiro atoms. The lowest BCUT2D eigenvalue weighted by Gasteiger charge is -2.48. The quantitative estimate of drug-likeness (QED) is 0.409. The Bertz CT molecular complexity index is 974. The number of hydrogen-bond donors (Lipinski definition) is 0. The molecule has 5 rings (SSSR count). The molecule has 3 aliphatic rings. The lowest BCUT2D eigenvalue weighted by molar-refractivity contribution is 0.0107. The Labute approximate surface area is 211 Å². The van der Waals surface area contributed by atoms with Crippen molar-refractivity contribution in [2.24, 2.45) is 17.8 Å². The molecule has 0 aromatic heterocycles. The highest BCUT2D eigenvalue weighted by Crippen LogP contribution is 2.48. The maximum absolute atomic E-state index is 6.32. The lowest BCUT2D eigenvalue weighted by atomic mass is 9.61. The van der Waals surface area contributed by atoms with E-state index >= 15 is 0 Å². The van der Waals surface area contributed by atoms with E-state index in [0.717, 1.165) is 42.5 Å². The number of allylic oxidation sites excluding steroid dienone is 1. The third kappa shape index (κ3) is 5.76. The SMILES string of the molecule is COc1ccc(/C=C/C2CCC2[C@H]2CCCC[C@@H]2N2CC[C@H](OCc3ccccc3)C2)cc1OC. The zero-order valence-electron chi connectivity index (χ0n) is 21.4. The first-order valence-electron chi connectivity index (χ1n) is 13.5. The van der Waals surface area contributed by atoms with E-state index < -0.39 is 0 Å². The molecule has 188 valence electrons. The molecule has 1 saturated heterocycles. The molecule has 2 aromatic carbocycles. The van der Waals surface area contributed by atoms with Gasteiger partial charge in [-0.25, -0.2) is 0 Å². The van der Waals surface area contributed by atoms with Crippen LogP contribution in [0.2, 0.25) is 0 Å². The lowest BCUT2D eigenvalue weighted by Crippen LogP contribution is -2.48. The van der Waals surface area contributed by atoms with E-state index in [-0.39, 0.29) is 0 Å². The normalized spacial score (nSPS) is 29.3. The first-order chi connectivity index (χ1) is 17.2. The average molecular weight is 476 g/mol. The number of ether oxygens (including phenoxy) is 3. The molecule has 35 heavy (non-hydrogen) atoms. The zero-order chi connectivity index (χ0) is 24.0. The summed E-state index contributed by atoms with van der Waals surface area (Å²) in [5.74, 6) is 3.92. The molecule has 2 unspecified atom stereocenters. The van der Waals surface area contributed by atoms with E-state index in [0.29, 0.717) is 12.0 Å². The van der Waals surface area contributed by atoms with E-state index in [1.807, 2.05) is 6.07 Å². The van der Waals surface area contributed by atoms with Crippen LogP contribution in [0.3, 0.4) is 0 Å². The summed E-state index contributed by atoms with van der Waals surface area (Å²) < 4.78 is 17.2. The highest BCUT2D eigenvalue weighted by molar-refractivity contribution is 5.56. The fourth-order valence-corrected chi connectivity index (χ4v) is 6.59. The molecule has 1 aliphatic heterocycles. The smallest absolute Gasteiger partial charge is 0.161 e. The number of benzene rings is 2. The molecule has 1 heterocycles. The van der Waals surface area contributed by atoms with Gasteiger partial charge in [0.15, 0.2) is 11.5 Å². The van der Waals surface area contributed by atoms with Crippen molar-refractivity contribution in [1.82, 2.24) is 4.90 Å². The van der Waals surface area contributed by atoms with Crippen LogP contribution in [0.25, 0.3) is 6.08 Å². The molecule has 2 saturated carbocycles. The topological polar surface area (TPSA) is 30.9 Å². The molecule has 0 radical (unpaired) electrons. The third-order valence-electron chi connectivity index (χ3n) is 8.63. The maximum atomic E-state index is 6.32. The molecular formula is C31H41NO3. The van der Waals surface area contributed by atoms with Gasteiger partial charge in [-0.15, -0.1) is 0 Å². The van der Waals surface area contributed by atoms with Gasteiger partial charge < -0.3 is 14.2 Å². The largest absolute Gasteiger partial charge is 0.493 e. The van der Waals surface area contributed by atoms with Crippen molar-refractivity contribution >= 4 is 6.08 Å². The fourth-order valence-electron chi connectivity index (χ4n) is 6.59. The third-order valence-corrected chi connectivity index (χ3v) is 8.63. The Morgan fingerprint density at radius 1 is 0.857 bits per heavy atom. The minimum atomic E-state index is 0.375. The van der Waals surface area contributed by atoms with Crippen LogP contribution in [0, 0.1) is 17.8 Å². The second kappa shape index (κ2) is 11.6. The van der Waals surface area contributed by atoms with Crippen molar-refractivity contribution in [2.75, 3.05) is 27.3 Å². The predicted molar refractivity (Wildman–Crippen MR) is 142 cm³/mol. The minimum Gasteiger partial charge on any atom is -0.493 e. The van der Waals surface area contributed by atoms with Gasteiger partial charge in [-0.3, -0.25) is 4.90 Å². The van der Waals surface area contributed by atoms with Crippen molar-refractivity contribution in [2.45, 2.75) is 63.7 Å². The van der Waals surface area contributed by atoms with Crippen molar-refractivity contribution in [1.29, 1.82) is 0 Å². The molecule has 3 fully saturated rings. The fraction of sp³-hybridized carbons (Fsp3) is 0.548.